The minimum atomic E-state index is -0.571. The van der Waals surface area contributed by atoms with Crippen molar-refractivity contribution in [3.05, 3.63) is 57.8 Å². The van der Waals surface area contributed by atoms with Crippen molar-refractivity contribution in [1.29, 1.82) is 0 Å². The van der Waals surface area contributed by atoms with Gasteiger partial charge in [0.2, 0.25) is 5.91 Å². The molecule has 1 saturated heterocycles. The van der Waals surface area contributed by atoms with Gasteiger partial charge in [-0.2, -0.15) is 0 Å². The van der Waals surface area contributed by atoms with E-state index in [0.29, 0.717) is 25.3 Å². The highest BCUT2D eigenvalue weighted by atomic mass is 16.6. The normalized spacial score (nSPS) is 15.7. The Bertz CT molecular complexity index is 1350. The molecule has 0 unspecified atom stereocenters. The predicted octanol–water partition coefficient (Wildman–Crippen LogP) is 3.47. The summed E-state index contributed by atoms with van der Waals surface area (Å²) in [7, 11) is 0. The first-order chi connectivity index (χ1) is 17.5. The number of likely N-dealkylation sites (tertiary alicyclic amines) is 1. The van der Waals surface area contributed by atoms with Crippen molar-refractivity contribution in [2.75, 3.05) is 18.4 Å². The molecule has 0 bridgehead atoms. The van der Waals surface area contributed by atoms with Crippen molar-refractivity contribution < 1.29 is 14.3 Å². The summed E-state index contributed by atoms with van der Waals surface area (Å²) in [6.45, 7) is 10.5. The Labute approximate surface area is 216 Å². The van der Waals surface area contributed by atoms with Crippen LogP contribution in [0, 0.1) is 13.8 Å². The maximum atomic E-state index is 13.1. The van der Waals surface area contributed by atoms with Crippen molar-refractivity contribution in [1.82, 2.24) is 24.8 Å². The number of carbonyl (C=O) groups is 2. The van der Waals surface area contributed by atoms with Crippen LogP contribution in [0.25, 0.3) is 10.9 Å². The quantitative estimate of drug-likeness (QED) is 0.449. The van der Waals surface area contributed by atoms with E-state index in [1.807, 2.05) is 46.0 Å². The first-order valence-corrected chi connectivity index (χ1v) is 12.6. The zero-order valence-corrected chi connectivity index (χ0v) is 22.2. The Balaban J connectivity index is 1.37. The molecule has 2 amide bonds. The van der Waals surface area contributed by atoms with E-state index in [1.54, 1.807) is 18.0 Å². The molecule has 0 spiro atoms. The fourth-order valence-electron chi connectivity index (χ4n) is 4.53. The Morgan fingerprint density at radius 2 is 2.03 bits per heavy atom. The maximum Gasteiger partial charge on any atom is 0.410 e. The van der Waals surface area contributed by atoms with E-state index in [0.717, 1.165) is 34.9 Å². The molecule has 37 heavy (non-hydrogen) atoms. The van der Waals surface area contributed by atoms with Gasteiger partial charge < -0.3 is 25.3 Å². The Morgan fingerprint density at radius 1 is 1.24 bits per heavy atom. The van der Waals surface area contributed by atoms with Gasteiger partial charge in [0.25, 0.3) is 5.56 Å². The second kappa shape index (κ2) is 10.7. The molecular weight excluding hydrogens is 472 g/mol. The number of H-pyrrole nitrogens is 1. The molecule has 1 aromatic carbocycles. The van der Waals surface area contributed by atoms with Gasteiger partial charge >= 0.3 is 6.09 Å². The standard InChI is InChI=1S/C27H36N6O4/c1-17-12-28-22-9-8-19(11-21(17)22)14-29-23(34)16-33-18(2)13-30-24(25(33)35)31-15-20-7-6-10-32(20)26(36)37-27(3,4)5/h8-9,11-13,20,28H,6-7,10,14-16H2,1-5H3,(H,29,34)(H,30,31)/t20-/m1/s1. The lowest BCUT2D eigenvalue weighted by Gasteiger charge is -2.28. The number of aryl methyl sites for hydroxylation is 2. The highest BCUT2D eigenvalue weighted by Gasteiger charge is 2.32. The van der Waals surface area contributed by atoms with Crippen molar-refractivity contribution in [2.45, 2.75) is 72.2 Å². The maximum absolute atomic E-state index is 13.1. The molecule has 3 heterocycles. The van der Waals surface area contributed by atoms with Gasteiger partial charge in [-0.3, -0.25) is 14.2 Å². The van der Waals surface area contributed by atoms with Crippen molar-refractivity contribution in [3.8, 4) is 0 Å². The molecule has 1 fully saturated rings. The highest BCUT2D eigenvalue weighted by molar-refractivity contribution is 5.83. The van der Waals surface area contributed by atoms with Gasteiger partial charge in [0.05, 0.1) is 6.04 Å². The second-order valence-electron chi connectivity index (χ2n) is 10.6. The molecule has 3 N–H and O–H groups in total. The number of amides is 2. The van der Waals surface area contributed by atoms with Gasteiger partial charge in [0, 0.05) is 48.6 Å². The Hall–Kier alpha value is -3.82. The minimum absolute atomic E-state index is 0.102. The van der Waals surface area contributed by atoms with Crippen LogP contribution in [0.3, 0.4) is 0 Å². The largest absolute Gasteiger partial charge is 0.444 e. The number of benzene rings is 1. The number of rotatable bonds is 7. The number of ether oxygens (including phenoxy) is 1. The van der Waals surface area contributed by atoms with Crippen LogP contribution in [-0.4, -0.2) is 56.2 Å². The van der Waals surface area contributed by atoms with E-state index < -0.39 is 5.60 Å². The van der Waals surface area contributed by atoms with Gasteiger partial charge in [-0.05, 0) is 70.7 Å². The van der Waals surface area contributed by atoms with Crippen LogP contribution in [0.2, 0.25) is 0 Å². The fraction of sp³-hybridized carbons (Fsp3) is 0.481. The zero-order chi connectivity index (χ0) is 26.7. The molecular formula is C27H36N6O4. The van der Waals surface area contributed by atoms with E-state index >= 15 is 0 Å². The van der Waals surface area contributed by atoms with E-state index in [1.165, 1.54) is 4.57 Å². The van der Waals surface area contributed by atoms with Gasteiger partial charge in [-0.1, -0.05) is 6.07 Å². The van der Waals surface area contributed by atoms with Crippen LogP contribution in [-0.2, 0) is 22.6 Å². The molecule has 2 aromatic heterocycles. The molecule has 1 aliphatic heterocycles. The number of carbonyl (C=O) groups excluding carboxylic acids is 2. The molecule has 1 atom stereocenters. The number of nitrogens with one attached hydrogen (secondary N) is 3. The Kier molecular flexibility index (Phi) is 7.56. The summed E-state index contributed by atoms with van der Waals surface area (Å²) in [5, 5.41) is 7.12. The monoisotopic (exact) mass is 508 g/mol. The number of aromatic nitrogens is 3. The summed E-state index contributed by atoms with van der Waals surface area (Å²) in [4.78, 5) is 47.5. The second-order valence-corrected chi connectivity index (χ2v) is 10.6. The average molecular weight is 509 g/mol. The average Bonchev–Trinajstić information content (AvgIpc) is 3.45. The van der Waals surface area contributed by atoms with Gasteiger partial charge in [-0.15, -0.1) is 0 Å². The van der Waals surface area contributed by atoms with Crippen molar-refractivity contribution in [2.24, 2.45) is 0 Å². The van der Waals surface area contributed by atoms with Crippen LogP contribution >= 0.6 is 0 Å². The van der Waals surface area contributed by atoms with Crippen molar-refractivity contribution in [3.63, 3.8) is 0 Å². The summed E-state index contributed by atoms with van der Waals surface area (Å²) in [6, 6.07) is 5.91. The number of nitrogens with zero attached hydrogens (tertiary/aromatic N) is 3. The smallest absolute Gasteiger partial charge is 0.410 e. The van der Waals surface area contributed by atoms with Crippen LogP contribution in [0.4, 0.5) is 10.6 Å². The SMILES string of the molecule is Cc1c[nH]c2ccc(CNC(=O)Cn3c(C)cnc(NC[C@H]4CCCN4C(=O)OC(C)(C)C)c3=O)cc12. The third-order valence-electron chi connectivity index (χ3n) is 6.51. The predicted molar refractivity (Wildman–Crippen MR) is 143 cm³/mol. The molecule has 3 aromatic rings. The lowest BCUT2D eigenvalue weighted by atomic mass is 10.1. The number of anilines is 1. The zero-order valence-electron chi connectivity index (χ0n) is 22.2. The van der Waals surface area contributed by atoms with E-state index in [4.69, 9.17) is 4.74 Å². The van der Waals surface area contributed by atoms with E-state index in [9.17, 15) is 14.4 Å². The van der Waals surface area contributed by atoms with Gasteiger partial charge in [0.1, 0.15) is 12.1 Å². The summed E-state index contributed by atoms with van der Waals surface area (Å²) in [6.07, 6.45) is 4.85. The lowest BCUT2D eigenvalue weighted by Crippen LogP contribution is -2.43. The summed E-state index contributed by atoms with van der Waals surface area (Å²) in [5.41, 5.74) is 2.83. The molecule has 198 valence electrons. The van der Waals surface area contributed by atoms with E-state index in [2.05, 4.69) is 26.7 Å². The molecule has 1 aliphatic rings. The van der Waals surface area contributed by atoms with Crippen LogP contribution in [0.1, 0.15) is 50.4 Å². The topological polar surface area (TPSA) is 121 Å². The third kappa shape index (κ3) is 6.31. The number of fused-ring (bicyclic) bond motifs is 1. The van der Waals surface area contributed by atoms with Crippen LogP contribution in [0.5, 0.6) is 0 Å². The first-order valence-electron chi connectivity index (χ1n) is 12.6. The van der Waals surface area contributed by atoms with Gasteiger partial charge in [-0.25, -0.2) is 9.78 Å². The summed E-state index contributed by atoms with van der Waals surface area (Å²) < 4.78 is 6.92. The first kappa shape index (κ1) is 26.2. The number of hydrogen-bond acceptors (Lipinski definition) is 6. The summed E-state index contributed by atoms with van der Waals surface area (Å²) >= 11 is 0. The number of hydrogen-bond donors (Lipinski definition) is 3. The van der Waals surface area contributed by atoms with Crippen LogP contribution < -0.4 is 16.2 Å². The van der Waals surface area contributed by atoms with Gasteiger partial charge in [0.15, 0.2) is 5.82 Å². The molecule has 10 heteroatoms. The number of aromatic amines is 1. The molecule has 0 radical (unpaired) electrons. The molecule has 4 rings (SSSR count). The molecule has 10 nitrogen and oxygen atoms in total. The summed E-state index contributed by atoms with van der Waals surface area (Å²) in [5.74, 6) is -0.108. The van der Waals surface area contributed by atoms with Crippen molar-refractivity contribution >= 4 is 28.7 Å². The molecule has 0 aliphatic carbocycles. The third-order valence-corrected chi connectivity index (χ3v) is 6.51. The van der Waals surface area contributed by atoms with E-state index in [-0.39, 0.29) is 36.0 Å². The minimum Gasteiger partial charge on any atom is -0.444 e. The molecule has 0 saturated carbocycles. The van der Waals surface area contributed by atoms with Crippen LogP contribution in [0.15, 0.2) is 35.4 Å². The lowest BCUT2D eigenvalue weighted by molar-refractivity contribution is -0.121. The Morgan fingerprint density at radius 3 is 2.78 bits per heavy atom. The highest BCUT2D eigenvalue weighted by Crippen LogP contribution is 2.21. The fourth-order valence-corrected chi connectivity index (χ4v) is 4.53.